The maximum Gasteiger partial charge on any atom is 0.335 e. The van der Waals surface area contributed by atoms with E-state index in [0.717, 1.165) is 57.1 Å². The lowest BCUT2D eigenvalue weighted by molar-refractivity contribution is -0.148. The molecule has 1 atom stereocenters. The number of nitrogens with zero attached hydrogens (tertiary/aromatic N) is 4. The van der Waals surface area contributed by atoms with Gasteiger partial charge in [-0.2, -0.15) is 0 Å². The van der Waals surface area contributed by atoms with E-state index in [9.17, 15) is 4.79 Å². The molecular formula is C31H39N5O3. The van der Waals surface area contributed by atoms with Crippen LogP contribution in [-0.2, 0) is 14.3 Å². The lowest BCUT2D eigenvalue weighted by atomic mass is 10.00. The van der Waals surface area contributed by atoms with Crippen molar-refractivity contribution in [3.05, 3.63) is 83.9 Å². The first-order valence-corrected chi connectivity index (χ1v) is 14.1. The topological polar surface area (TPSA) is 78.8 Å². The van der Waals surface area contributed by atoms with Gasteiger partial charge in [0.05, 0.1) is 19.3 Å². The number of ether oxygens (including phenoxy) is 2. The highest BCUT2D eigenvalue weighted by atomic mass is 16.5. The molecule has 8 nitrogen and oxygen atoms in total. The van der Waals surface area contributed by atoms with Gasteiger partial charge in [-0.25, -0.2) is 9.79 Å². The molecule has 1 unspecified atom stereocenters. The molecule has 0 aliphatic carbocycles. The summed E-state index contributed by atoms with van der Waals surface area (Å²) in [6.07, 6.45) is 7.10. The Morgan fingerprint density at radius 1 is 1.08 bits per heavy atom. The standard InChI is InChI=1S/C31H39N5O3/c1-3-38-30(37)31(2)23-36-28(33-31)16-15-27(34-36)32-19-10-20-35-21-17-26(18-22-35)39-29(24-11-6-4-7-12-24)25-13-8-5-9-14-25/h4-9,11-16,26,29H,3,10,17-23H2,1-2H3,(H,32,34). The highest BCUT2D eigenvalue weighted by molar-refractivity contribution is 6.08. The summed E-state index contributed by atoms with van der Waals surface area (Å²) in [5, 5.41) is 1.87. The number of esters is 1. The summed E-state index contributed by atoms with van der Waals surface area (Å²) in [7, 11) is 0. The summed E-state index contributed by atoms with van der Waals surface area (Å²) in [6, 6.07) is 21.0. The third-order valence-electron chi connectivity index (χ3n) is 7.44. The number of fused-ring (bicyclic) bond motifs is 1. The second kappa shape index (κ2) is 12.6. The van der Waals surface area contributed by atoms with Gasteiger partial charge in [-0.1, -0.05) is 60.7 Å². The van der Waals surface area contributed by atoms with E-state index in [1.165, 1.54) is 11.1 Å². The van der Waals surface area contributed by atoms with Gasteiger partial charge in [-0.05, 0) is 62.9 Å². The van der Waals surface area contributed by atoms with Crippen molar-refractivity contribution in [3.63, 3.8) is 0 Å². The number of benzene rings is 2. The Morgan fingerprint density at radius 3 is 2.38 bits per heavy atom. The fourth-order valence-electron chi connectivity index (χ4n) is 5.34. The molecular weight excluding hydrogens is 490 g/mol. The Kier molecular flexibility index (Phi) is 8.74. The first-order chi connectivity index (χ1) is 19.0. The minimum atomic E-state index is -0.893. The monoisotopic (exact) mass is 529 g/mol. The van der Waals surface area contributed by atoms with E-state index in [-0.39, 0.29) is 18.2 Å². The number of hydrazine groups is 1. The molecule has 206 valence electrons. The zero-order chi connectivity index (χ0) is 27.1. The van der Waals surface area contributed by atoms with Gasteiger partial charge >= 0.3 is 5.97 Å². The van der Waals surface area contributed by atoms with Crippen molar-refractivity contribution < 1.29 is 14.3 Å². The van der Waals surface area contributed by atoms with Crippen molar-refractivity contribution in [3.8, 4) is 0 Å². The number of amidine groups is 2. The van der Waals surface area contributed by atoms with Gasteiger partial charge in [0, 0.05) is 19.6 Å². The van der Waals surface area contributed by atoms with Crippen LogP contribution in [0.25, 0.3) is 0 Å². The molecule has 3 aliphatic heterocycles. The van der Waals surface area contributed by atoms with Crippen LogP contribution in [0.5, 0.6) is 0 Å². The van der Waals surface area contributed by atoms with Crippen molar-refractivity contribution in [1.82, 2.24) is 15.3 Å². The molecule has 0 saturated carbocycles. The molecule has 5 rings (SSSR count). The van der Waals surface area contributed by atoms with Crippen LogP contribution in [0.2, 0.25) is 0 Å². The molecule has 2 aromatic rings. The van der Waals surface area contributed by atoms with E-state index >= 15 is 0 Å². The van der Waals surface area contributed by atoms with Crippen molar-refractivity contribution >= 4 is 17.6 Å². The zero-order valence-corrected chi connectivity index (χ0v) is 23.0. The average molecular weight is 530 g/mol. The highest BCUT2D eigenvalue weighted by Crippen LogP contribution is 2.30. The van der Waals surface area contributed by atoms with Gasteiger partial charge in [-0.3, -0.25) is 15.4 Å². The first-order valence-electron chi connectivity index (χ1n) is 14.1. The fraction of sp³-hybridized carbons (Fsp3) is 0.452. The average Bonchev–Trinajstić information content (AvgIpc) is 3.32. The normalized spacial score (nSPS) is 22.6. The number of carbonyl (C=O) groups is 1. The zero-order valence-electron chi connectivity index (χ0n) is 23.0. The predicted octanol–water partition coefficient (Wildman–Crippen LogP) is 4.16. The first kappa shape index (κ1) is 27.1. The fourth-order valence-corrected chi connectivity index (χ4v) is 5.34. The molecule has 1 fully saturated rings. The molecule has 2 aromatic carbocycles. The summed E-state index contributed by atoms with van der Waals surface area (Å²) in [4.78, 5) is 24.1. The van der Waals surface area contributed by atoms with E-state index in [0.29, 0.717) is 13.2 Å². The minimum Gasteiger partial charge on any atom is -0.464 e. The second-order valence-corrected chi connectivity index (χ2v) is 10.5. The Hall–Kier alpha value is -3.49. The quantitative estimate of drug-likeness (QED) is 0.368. The van der Waals surface area contributed by atoms with Crippen LogP contribution >= 0.6 is 0 Å². The molecule has 8 heteroatoms. The molecule has 0 radical (unpaired) electrons. The Balaban J connectivity index is 1.06. The van der Waals surface area contributed by atoms with E-state index < -0.39 is 5.54 Å². The maximum absolute atomic E-state index is 12.3. The smallest absolute Gasteiger partial charge is 0.335 e. The number of likely N-dealkylation sites (tertiary alicyclic amines) is 1. The maximum atomic E-state index is 12.3. The van der Waals surface area contributed by atoms with Gasteiger partial charge in [0.15, 0.2) is 5.54 Å². The summed E-state index contributed by atoms with van der Waals surface area (Å²) in [5.41, 5.74) is 4.80. The summed E-state index contributed by atoms with van der Waals surface area (Å²) < 4.78 is 11.9. The largest absolute Gasteiger partial charge is 0.464 e. The molecule has 0 aromatic heterocycles. The van der Waals surface area contributed by atoms with E-state index in [4.69, 9.17) is 14.5 Å². The summed E-state index contributed by atoms with van der Waals surface area (Å²) >= 11 is 0. The van der Waals surface area contributed by atoms with Gasteiger partial charge < -0.3 is 14.4 Å². The molecule has 0 spiro atoms. The molecule has 1 N–H and O–H groups in total. The summed E-state index contributed by atoms with van der Waals surface area (Å²) in [6.45, 7) is 8.22. The van der Waals surface area contributed by atoms with E-state index in [1.807, 2.05) is 24.1 Å². The van der Waals surface area contributed by atoms with Crippen LogP contribution < -0.4 is 5.43 Å². The molecule has 39 heavy (non-hydrogen) atoms. The van der Waals surface area contributed by atoms with Gasteiger partial charge in [0.1, 0.15) is 17.8 Å². The molecule has 3 heterocycles. The van der Waals surface area contributed by atoms with Crippen LogP contribution in [0.3, 0.4) is 0 Å². The van der Waals surface area contributed by atoms with Crippen LogP contribution in [0.4, 0.5) is 0 Å². The van der Waals surface area contributed by atoms with Gasteiger partial charge in [0.2, 0.25) is 0 Å². The SMILES string of the molecule is CCOC(=O)C1(C)CN2NC(=NCCCN3CCC(OC(c4ccccc4)c4ccccc4)CC3)C=CC2=N1. The molecule has 0 amide bonds. The number of rotatable bonds is 10. The number of nitrogens with one attached hydrogen (secondary N) is 1. The predicted molar refractivity (Wildman–Crippen MR) is 154 cm³/mol. The van der Waals surface area contributed by atoms with Crippen molar-refractivity contribution in [1.29, 1.82) is 0 Å². The van der Waals surface area contributed by atoms with E-state index in [2.05, 4.69) is 76.0 Å². The number of piperidine rings is 1. The van der Waals surface area contributed by atoms with Crippen LogP contribution in [0.15, 0.2) is 82.8 Å². The second-order valence-electron chi connectivity index (χ2n) is 10.5. The molecule has 1 saturated heterocycles. The number of hydrogen-bond acceptors (Lipinski definition) is 7. The van der Waals surface area contributed by atoms with Crippen molar-refractivity contribution in [2.75, 3.05) is 39.3 Å². The third-order valence-corrected chi connectivity index (χ3v) is 7.44. The number of carbonyl (C=O) groups excluding carboxylic acids is 1. The minimum absolute atomic E-state index is 0.0350. The van der Waals surface area contributed by atoms with Crippen molar-refractivity contribution in [2.24, 2.45) is 9.98 Å². The Labute approximate surface area is 231 Å². The van der Waals surface area contributed by atoms with Gasteiger partial charge in [0.25, 0.3) is 0 Å². The van der Waals surface area contributed by atoms with Crippen molar-refractivity contribution in [2.45, 2.75) is 50.9 Å². The van der Waals surface area contributed by atoms with Gasteiger partial charge in [-0.15, -0.1) is 0 Å². The third kappa shape index (κ3) is 6.75. The Bertz CT molecular complexity index is 1150. The Morgan fingerprint density at radius 2 is 1.74 bits per heavy atom. The van der Waals surface area contributed by atoms with E-state index in [1.54, 1.807) is 6.92 Å². The number of aliphatic imine (C=N–C) groups is 2. The highest BCUT2D eigenvalue weighted by Gasteiger charge is 2.43. The molecule has 0 bridgehead atoms. The lowest BCUT2D eigenvalue weighted by Gasteiger charge is -2.34. The van der Waals surface area contributed by atoms with Crippen LogP contribution in [-0.4, -0.2) is 78.5 Å². The summed E-state index contributed by atoms with van der Waals surface area (Å²) in [5.74, 6) is 1.23. The molecule has 3 aliphatic rings. The van der Waals surface area contributed by atoms with Crippen LogP contribution in [0.1, 0.15) is 50.3 Å². The van der Waals surface area contributed by atoms with Crippen LogP contribution in [0, 0.1) is 0 Å². The lowest BCUT2D eigenvalue weighted by Crippen LogP contribution is -2.50. The number of hydrogen-bond donors (Lipinski definition) is 1.